The summed E-state index contributed by atoms with van der Waals surface area (Å²) >= 11 is 5.33. The molecule has 0 unspecified atom stereocenters. The van der Waals surface area contributed by atoms with Crippen LogP contribution in [0.25, 0.3) is 10.9 Å². The Balaban J connectivity index is 2.05. The minimum Gasteiger partial charge on any atom is -0.287 e. The summed E-state index contributed by atoms with van der Waals surface area (Å²) in [7, 11) is 0. The van der Waals surface area contributed by atoms with Gasteiger partial charge in [-0.1, -0.05) is 34.1 Å². The predicted molar refractivity (Wildman–Crippen MR) is 82.1 cm³/mol. The minimum absolute atomic E-state index is 1.16. The maximum absolute atomic E-state index is 3.60. The second kappa shape index (κ2) is 4.82. The van der Waals surface area contributed by atoms with Crippen LogP contribution in [0.3, 0.4) is 0 Å². The second-order valence-corrected chi connectivity index (χ2v) is 6.11. The van der Waals surface area contributed by atoms with Crippen LogP contribution in [-0.4, -0.2) is 3.97 Å². The molecule has 0 spiro atoms. The van der Waals surface area contributed by atoms with Gasteiger partial charge < -0.3 is 0 Å². The van der Waals surface area contributed by atoms with Gasteiger partial charge in [0.25, 0.3) is 0 Å². The second-order valence-electron chi connectivity index (χ2n) is 4.21. The average Bonchev–Trinajstić information content (AvgIpc) is 2.74. The van der Waals surface area contributed by atoms with Crippen LogP contribution >= 0.6 is 27.9 Å². The molecule has 3 aromatic rings. The van der Waals surface area contributed by atoms with Crippen molar-refractivity contribution < 1.29 is 0 Å². The first-order valence-electron chi connectivity index (χ1n) is 5.74. The summed E-state index contributed by atoms with van der Waals surface area (Å²) in [5.74, 6) is 0. The Bertz CT molecular complexity index is 688. The van der Waals surface area contributed by atoms with Gasteiger partial charge in [0.15, 0.2) is 0 Å². The van der Waals surface area contributed by atoms with Gasteiger partial charge in [-0.25, -0.2) is 0 Å². The van der Waals surface area contributed by atoms with E-state index in [1.165, 1.54) is 21.4 Å². The van der Waals surface area contributed by atoms with Gasteiger partial charge >= 0.3 is 0 Å². The molecule has 0 N–H and O–H groups in total. The quantitative estimate of drug-likeness (QED) is 0.623. The molecule has 1 nitrogen and oxygen atoms in total. The minimum atomic E-state index is 1.16. The predicted octanol–water partition coefficient (Wildman–Crippen LogP) is 5.27. The Labute approximate surface area is 119 Å². The lowest BCUT2D eigenvalue weighted by atomic mass is 10.2. The number of aromatic nitrogens is 1. The summed E-state index contributed by atoms with van der Waals surface area (Å²) < 4.78 is 3.36. The van der Waals surface area contributed by atoms with E-state index in [1.54, 1.807) is 11.9 Å². The maximum Gasteiger partial charge on any atom is 0.0605 e. The number of benzene rings is 2. The van der Waals surface area contributed by atoms with Crippen LogP contribution in [0.2, 0.25) is 0 Å². The van der Waals surface area contributed by atoms with Crippen LogP contribution in [-0.2, 0) is 0 Å². The highest BCUT2D eigenvalue weighted by Gasteiger charge is 2.05. The van der Waals surface area contributed by atoms with E-state index in [2.05, 4.69) is 75.5 Å². The van der Waals surface area contributed by atoms with E-state index in [-0.39, 0.29) is 0 Å². The highest BCUT2D eigenvalue weighted by atomic mass is 79.9. The molecule has 0 aliphatic carbocycles. The van der Waals surface area contributed by atoms with Crippen LogP contribution in [0, 0.1) is 6.92 Å². The van der Waals surface area contributed by atoms with Crippen molar-refractivity contribution in [1.82, 2.24) is 3.97 Å². The molecule has 90 valence electrons. The first-order valence-corrected chi connectivity index (χ1v) is 7.31. The highest BCUT2D eigenvalue weighted by molar-refractivity contribution is 9.10. The van der Waals surface area contributed by atoms with Crippen molar-refractivity contribution in [2.75, 3.05) is 0 Å². The van der Waals surface area contributed by atoms with Gasteiger partial charge in [0, 0.05) is 21.0 Å². The van der Waals surface area contributed by atoms with E-state index in [0.717, 1.165) is 4.47 Å². The molecule has 3 rings (SSSR count). The normalized spacial score (nSPS) is 11.0. The Morgan fingerprint density at radius 3 is 2.61 bits per heavy atom. The number of hydrogen-bond acceptors (Lipinski definition) is 1. The molecule has 0 fully saturated rings. The topological polar surface area (TPSA) is 4.93 Å². The van der Waals surface area contributed by atoms with Crippen molar-refractivity contribution in [3.8, 4) is 0 Å². The van der Waals surface area contributed by atoms with E-state index in [1.807, 2.05) is 6.07 Å². The molecular formula is C15H12BrNS. The van der Waals surface area contributed by atoms with Crippen LogP contribution in [0.4, 0.5) is 0 Å². The van der Waals surface area contributed by atoms with E-state index < -0.39 is 0 Å². The Morgan fingerprint density at radius 1 is 1.06 bits per heavy atom. The van der Waals surface area contributed by atoms with Crippen LogP contribution in [0.5, 0.6) is 0 Å². The summed E-state index contributed by atoms with van der Waals surface area (Å²) in [5.41, 5.74) is 2.51. The molecule has 2 aromatic carbocycles. The zero-order valence-electron chi connectivity index (χ0n) is 9.93. The third-order valence-corrected chi connectivity index (χ3v) is 4.73. The lowest BCUT2D eigenvalue weighted by Gasteiger charge is -2.05. The first kappa shape index (κ1) is 11.9. The third kappa shape index (κ3) is 2.20. The number of hydrogen-bond donors (Lipinski definition) is 0. The molecule has 18 heavy (non-hydrogen) atoms. The summed E-state index contributed by atoms with van der Waals surface area (Å²) in [5, 5.41) is 1.28. The van der Waals surface area contributed by atoms with Crippen molar-refractivity contribution in [2.45, 2.75) is 11.8 Å². The maximum atomic E-state index is 3.60. The van der Waals surface area contributed by atoms with Gasteiger partial charge in [-0.3, -0.25) is 3.97 Å². The fourth-order valence-corrected chi connectivity index (χ4v) is 3.14. The molecule has 0 saturated heterocycles. The molecule has 0 aliphatic rings. The smallest absolute Gasteiger partial charge is 0.0605 e. The van der Waals surface area contributed by atoms with Crippen LogP contribution in [0.15, 0.2) is 64.1 Å². The van der Waals surface area contributed by atoms with E-state index >= 15 is 0 Å². The van der Waals surface area contributed by atoms with Gasteiger partial charge in [-0.15, -0.1) is 0 Å². The van der Waals surface area contributed by atoms with Gasteiger partial charge in [0.1, 0.15) is 0 Å². The molecule has 3 heteroatoms. The fraction of sp³-hybridized carbons (Fsp3) is 0.0667. The van der Waals surface area contributed by atoms with Crippen molar-refractivity contribution in [3.63, 3.8) is 0 Å². The molecule has 0 bridgehead atoms. The molecule has 1 heterocycles. The summed E-state index contributed by atoms with van der Waals surface area (Å²) in [4.78, 5) is 1.24. The third-order valence-electron chi connectivity index (χ3n) is 2.88. The van der Waals surface area contributed by atoms with E-state index in [9.17, 15) is 0 Å². The lowest BCUT2D eigenvalue weighted by Crippen LogP contribution is -1.85. The number of nitrogens with zero attached hydrogens (tertiary/aromatic N) is 1. The molecule has 1 aromatic heterocycles. The Morgan fingerprint density at radius 2 is 1.83 bits per heavy atom. The zero-order chi connectivity index (χ0) is 12.5. The van der Waals surface area contributed by atoms with E-state index in [0.29, 0.717) is 0 Å². The molecule has 0 saturated carbocycles. The number of halogens is 1. The first-order chi connectivity index (χ1) is 8.74. The highest BCUT2D eigenvalue weighted by Crippen LogP contribution is 2.30. The van der Waals surface area contributed by atoms with Crippen LogP contribution in [0.1, 0.15) is 5.56 Å². The van der Waals surface area contributed by atoms with Gasteiger partial charge in [-0.05, 0) is 54.8 Å². The van der Waals surface area contributed by atoms with Crippen molar-refractivity contribution in [3.05, 3.63) is 64.8 Å². The Kier molecular flexibility index (Phi) is 3.18. The van der Waals surface area contributed by atoms with Crippen molar-refractivity contribution >= 4 is 38.8 Å². The van der Waals surface area contributed by atoms with Gasteiger partial charge in [0.05, 0.1) is 5.52 Å². The molecule has 0 atom stereocenters. The summed E-state index contributed by atoms with van der Waals surface area (Å²) in [6.45, 7) is 2.12. The number of rotatable bonds is 2. The number of fused-ring (bicyclic) bond motifs is 1. The van der Waals surface area contributed by atoms with Gasteiger partial charge in [0.2, 0.25) is 0 Å². The molecule has 0 aliphatic heterocycles. The van der Waals surface area contributed by atoms with Crippen molar-refractivity contribution in [1.29, 1.82) is 0 Å². The lowest BCUT2D eigenvalue weighted by molar-refractivity contribution is 1.31. The molecular weight excluding hydrogens is 306 g/mol. The van der Waals surface area contributed by atoms with Crippen molar-refractivity contribution in [2.24, 2.45) is 0 Å². The fourth-order valence-electron chi connectivity index (χ4n) is 1.92. The molecule has 0 amide bonds. The zero-order valence-corrected chi connectivity index (χ0v) is 12.3. The summed E-state index contributed by atoms with van der Waals surface area (Å²) in [6.07, 6.45) is 2.12. The van der Waals surface area contributed by atoms with Crippen LogP contribution < -0.4 is 0 Å². The monoisotopic (exact) mass is 317 g/mol. The number of aryl methyl sites for hydroxylation is 1. The Hall–Kier alpha value is -1.19. The van der Waals surface area contributed by atoms with Gasteiger partial charge in [-0.2, -0.15) is 0 Å². The summed E-state index contributed by atoms with van der Waals surface area (Å²) in [6, 6.07) is 17.0. The molecule has 0 radical (unpaired) electrons. The standard InChI is InChI=1S/C15H12BrNS/c1-11-9-12-7-8-17(15(12)10-14(11)16)18-13-5-3-2-4-6-13/h2-10H,1H3. The van der Waals surface area contributed by atoms with E-state index in [4.69, 9.17) is 0 Å². The average molecular weight is 318 g/mol. The SMILES string of the molecule is Cc1cc2ccn(Sc3ccccc3)c2cc1Br. The largest absolute Gasteiger partial charge is 0.287 e.